The summed E-state index contributed by atoms with van der Waals surface area (Å²) in [5.41, 5.74) is 6.28. The van der Waals surface area contributed by atoms with Gasteiger partial charge >= 0.3 is 0 Å². The Hall–Kier alpha value is -1.75. The highest BCUT2D eigenvalue weighted by molar-refractivity contribution is 5.75. The summed E-state index contributed by atoms with van der Waals surface area (Å²) in [6.45, 7) is 2.16. The second-order valence-electron chi connectivity index (χ2n) is 5.03. The Balaban J connectivity index is 2.04. The van der Waals surface area contributed by atoms with Crippen molar-refractivity contribution in [3.63, 3.8) is 0 Å². The molecular formula is C15H25N3O2. The summed E-state index contributed by atoms with van der Waals surface area (Å²) < 4.78 is 5.47. The minimum atomic E-state index is 0.0327. The molecule has 3 N–H and O–H groups in total. The third-order valence-corrected chi connectivity index (χ3v) is 2.83. The number of hydrogen-bond acceptors (Lipinski definition) is 4. The van der Waals surface area contributed by atoms with Gasteiger partial charge in [-0.15, -0.1) is 0 Å². The molecule has 0 aliphatic carbocycles. The molecule has 1 aromatic carbocycles. The van der Waals surface area contributed by atoms with Crippen molar-refractivity contribution < 1.29 is 9.53 Å². The van der Waals surface area contributed by atoms with E-state index in [4.69, 9.17) is 10.5 Å². The van der Waals surface area contributed by atoms with Crippen LogP contribution in [-0.2, 0) is 4.79 Å². The number of carbonyl (C=O) groups excluding carboxylic acids is 1. The van der Waals surface area contributed by atoms with Crippen molar-refractivity contribution in [3.05, 3.63) is 24.3 Å². The van der Waals surface area contributed by atoms with Gasteiger partial charge in [0.05, 0.1) is 13.0 Å². The lowest BCUT2D eigenvalue weighted by molar-refractivity contribution is -0.121. The van der Waals surface area contributed by atoms with E-state index in [2.05, 4.69) is 10.2 Å². The first kappa shape index (κ1) is 16.3. The van der Waals surface area contributed by atoms with Crippen LogP contribution >= 0.6 is 0 Å². The van der Waals surface area contributed by atoms with Crippen LogP contribution in [0.15, 0.2) is 24.3 Å². The van der Waals surface area contributed by atoms with Crippen molar-refractivity contribution in [2.45, 2.75) is 19.3 Å². The number of nitrogens with zero attached hydrogens (tertiary/aromatic N) is 1. The number of nitrogens with one attached hydrogen (secondary N) is 1. The largest absolute Gasteiger partial charge is 0.493 e. The molecule has 1 amide bonds. The van der Waals surface area contributed by atoms with Crippen molar-refractivity contribution in [2.24, 2.45) is 0 Å². The molecule has 5 heteroatoms. The quantitative estimate of drug-likeness (QED) is 0.531. The van der Waals surface area contributed by atoms with E-state index in [1.54, 1.807) is 24.3 Å². The molecule has 0 saturated heterocycles. The first-order valence-corrected chi connectivity index (χ1v) is 6.97. The molecule has 0 aliphatic heterocycles. The molecule has 0 saturated carbocycles. The highest BCUT2D eigenvalue weighted by Gasteiger charge is 2.01. The standard InChI is InChI=1S/C15H25N3O2/c1-18(2)11-4-3-10-17-15(19)9-12-20-14-7-5-13(16)6-8-14/h5-8H,3-4,9-12,16H2,1-2H3,(H,17,19). The third-order valence-electron chi connectivity index (χ3n) is 2.83. The Bertz CT molecular complexity index is 391. The Morgan fingerprint density at radius 3 is 2.60 bits per heavy atom. The molecule has 20 heavy (non-hydrogen) atoms. The Morgan fingerprint density at radius 2 is 1.95 bits per heavy atom. The van der Waals surface area contributed by atoms with Gasteiger partial charge in [-0.3, -0.25) is 4.79 Å². The predicted molar refractivity (Wildman–Crippen MR) is 81.8 cm³/mol. The van der Waals surface area contributed by atoms with E-state index in [0.717, 1.165) is 31.7 Å². The zero-order valence-electron chi connectivity index (χ0n) is 12.4. The fraction of sp³-hybridized carbons (Fsp3) is 0.533. The van der Waals surface area contributed by atoms with Crippen molar-refractivity contribution in [1.82, 2.24) is 10.2 Å². The molecule has 0 atom stereocenters. The summed E-state index contributed by atoms with van der Waals surface area (Å²) in [7, 11) is 4.10. The molecule has 0 bridgehead atoms. The smallest absolute Gasteiger partial charge is 0.223 e. The molecule has 0 unspecified atom stereocenters. The van der Waals surface area contributed by atoms with Gasteiger partial charge in [0.1, 0.15) is 5.75 Å². The van der Waals surface area contributed by atoms with Gasteiger partial charge in [-0.05, 0) is 57.7 Å². The number of nitrogen functional groups attached to an aromatic ring is 1. The molecule has 1 rings (SSSR count). The maximum Gasteiger partial charge on any atom is 0.223 e. The lowest BCUT2D eigenvalue weighted by Gasteiger charge is -2.10. The number of hydrogen-bond donors (Lipinski definition) is 2. The molecule has 5 nitrogen and oxygen atoms in total. The van der Waals surface area contributed by atoms with E-state index in [-0.39, 0.29) is 5.91 Å². The summed E-state index contributed by atoms with van der Waals surface area (Å²) in [6.07, 6.45) is 2.47. The lowest BCUT2D eigenvalue weighted by atomic mass is 10.3. The Kier molecular flexibility index (Phi) is 7.50. The fourth-order valence-electron chi connectivity index (χ4n) is 1.69. The number of unbranched alkanes of at least 4 members (excludes halogenated alkanes) is 1. The minimum absolute atomic E-state index is 0.0327. The van der Waals surface area contributed by atoms with Crippen LogP contribution in [0.4, 0.5) is 5.69 Å². The molecule has 0 spiro atoms. The molecule has 0 heterocycles. The number of amides is 1. The van der Waals surface area contributed by atoms with Gasteiger partial charge < -0.3 is 20.7 Å². The van der Waals surface area contributed by atoms with E-state index in [1.807, 2.05) is 14.1 Å². The summed E-state index contributed by atoms with van der Waals surface area (Å²) in [4.78, 5) is 13.7. The lowest BCUT2D eigenvalue weighted by Crippen LogP contribution is -2.26. The fourth-order valence-corrected chi connectivity index (χ4v) is 1.69. The van der Waals surface area contributed by atoms with E-state index >= 15 is 0 Å². The van der Waals surface area contributed by atoms with Crippen LogP contribution < -0.4 is 15.8 Å². The van der Waals surface area contributed by atoms with Gasteiger partial charge in [-0.1, -0.05) is 0 Å². The van der Waals surface area contributed by atoms with E-state index in [9.17, 15) is 4.79 Å². The van der Waals surface area contributed by atoms with E-state index in [0.29, 0.717) is 18.7 Å². The van der Waals surface area contributed by atoms with Crippen LogP contribution in [0.2, 0.25) is 0 Å². The zero-order chi connectivity index (χ0) is 14.8. The number of carbonyl (C=O) groups is 1. The topological polar surface area (TPSA) is 67.6 Å². The molecule has 1 aromatic rings. The van der Waals surface area contributed by atoms with Crippen molar-refractivity contribution in [2.75, 3.05) is 39.5 Å². The second-order valence-corrected chi connectivity index (χ2v) is 5.03. The molecule has 0 fully saturated rings. The summed E-state index contributed by atoms with van der Waals surface area (Å²) in [5.74, 6) is 0.767. The number of anilines is 1. The van der Waals surface area contributed by atoms with Crippen LogP contribution in [0.5, 0.6) is 5.75 Å². The summed E-state index contributed by atoms with van der Waals surface area (Å²) >= 11 is 0. The maximum absolute atomic E-state index is 11.6. The van der Waals surface area contributed by atoms with E-state index < -0.39 is 0 Å². The highest BCUT2D eigenvalue weighted by Crippen LogP contribution is 2.12. The van der Waals surface area contributed by atoms with Crippen LogP contribution in [-0.4, -0.2) is 44.6 Å². The normalized spacial score (nSPS) is 10.6. The minimum Gasteiger partial charge on any atom is -0.493 e. The van der Waals surface area contributed by atoms with Gasteiger partial charge in [-0.25, -0.2) is 0 Å². The van der Waals surface area contributed by atoms with Crippen LogP contribution in [0.1, 0.15) is 19.3 Å². The van der Waals surface area contributed by atoms with Crippen molar-refractivity contribution in [1.29, 1.82) is 0 Å². The first-order valence-electron chi connectivity index (χ1n) is 6.97. The molecule has 0 aliphatic rings. The molecule has 0 radical (unpaired) electrons. The number of nitrogens with two attached hydrogens (primary N) is 1. The molecule has 112 valence electrons. The number of benzene rings is 1. The highest BCUT2D eigenvalue weighted by atomic mass is 16.5. The SMILES string of the molecule is CN(C)CCCCNC(=O)CCOc1ccc(N)cc1. The predicted octanol–water partition coefficient (Wildman–Crippen LogP) is 1.50. The van der Waals surface area contributed by atoms with Crippen molar-refractivity contribution in [3.8, 4) is 5.75 Å². The summed E-state index contributed by atoms with van der Waals surface area (Å²) in [5, 5.41) is 2.89. The average molecular weight is 279 g/mol. The maximum atomic E-state index is 11.6. The molecule has 0 aromatic heterocycles. The number of rotatable bonds is 9. The third kappa shape index (κ3) is 7.63. The average Bonchev–Trinajstić information content (AvgIpc) is 2.40. The summed E-state index contributed by atoms with van der Waals surface area (Å²) in [6, 6.07) is 7.16. The van der Waals surface area contributed by atoms with Crippen molar-refractivity contribution >= 4 is 11.6 Å². The Labute approximate surface area is 121 Å². The van der Waals surface area contributed by atoms with Gasteiger partial charge in [0.25, 0.3) is 0 Å². The second kappa shape index (κ2) is 9.20. The van der Waals surface area contributed by atoms with Crippen LogP contribution in [0.3, 0.4) is 0 Å². The monoisotopic (exact) mass is 279 g/mol. The van der Waals surface area contributed by atoms with Gasteiger partial charge in [-0.2, -0.15) is 0 Å². The van der Waals surface area contributed by atoms with E-state index in [1.165, 1.54) is 0 Å². The van der Waals surface area contributed by atoms with Crippen LogP contribution in [0, 0.1) is 0 Å². The zero-order valence-corrected chi connectivity index (χ0v) is 12.4. The van der Waals surface area contributed by atoms with Gasteiger partial charge in [0.2, 0.25) is 5.91 Å². The Morgan fingerprint density at radius 1 is 1.25 bits per heavy atom. The van der Waals surface area contributed by atoms with Gasteiger partial charge in [0, 0.05) is 12.2 Å². The number of ether oxygens (including phenoxy) is 1. The first-order chi connectivity index (χ1) is 9.58. The van der Waals surface area contributed by atoms with Gasteiger partial charge in [0.15, 0.2) is 0 Å². The molecular weight excluding hydrogens is 254 g/mol. The van der Waals surface area contributed by atoms with Crippen LogP contribution in [0.25, 0.3) is 0 Å².